The van der Waals surface area contributed by atoms with Crippen LogP contribution in [0.3, 0.4) is 0 Å². The Morgan fingerprint density at radius 3 is 1.11 bits per heavy atom. The van der Waals surface area contributed by atoms with Gasteiger partial charge in [0, 0.05) is 6.92 Å². The number of hydrogen-bond donors (Lipinski definition) is 0. The van der Waals surface area contributed by atoms with Gasteiger partial charge in [-0.25, -0.2) is 0 Å². The molecule has 1 nitrogen and oxygen atoms in total. The fourth-order valence-electron chi connectivity index (χ4n) is 1.06. The summed E-state index contributed by atoms with van der Waals surface area (Å²) in [6, 6.07) is 1.75. The van der Waals surface area contributed by atoms with E-state index in [1.54, 1.807) is 6.07 Å². The van der Waals surface area contributed by atoms with Gasteiger partial charge in [0.25, 0.3) is 0 Å². The van der Waals surface area contributed by atoms with Crippen LogP contribution in [-0.2, 0) is 0 Å². The summed E-state index contributed by atoms with van der Waals surface area (Å²) in [4.78, 5) is 0. The molecule has 0 bridgehead atoms. The number of nitriles is 1. The van der Waals surface area contributed by atoms with Crippen molar-refractivity contribution in [2.24, 2.45) is 0 Å². The van der Waals surface area contributed by atoms with Crippen LogP contribution in [0.4, 0.5) is 0 Å². The van der Waals surface area contributed by atoms with Crippen LogP contribution in [0.5, 0.6) is 0 Å². The zero-order valence-corrected chi connectivity index (χ0v) is 6.19. The molecule has 1 aliphatic carbocycles. The van der Waals surface area contributed by atoms with Gasteiger partial charge in [0.15, 0.2) is 0 Å². The summed E-state index contributed by atoms with van der Waals surface area (Å²) in [5, 5.41) is 7.32. The molecule has 0 aromatic rings. The van der Waals surface area contributed by atoms with Gasteiger partial charge in [0.1, 0.15) is 0 Å². The van der Waals surface area contributed by atoms with E-state index in [2.05, 4.69) is 0 Å². The highest BCUT2D eigenvalue weighted by atomic mass is 14.2. The molecule has 0 N–H and O–H groups in total. The van der Waals surface area contributed by atoms with Crippen molar-refractivity contribution in [1.82, 2.24) is 0 Å². The Balaban J connectivity index is 0.000000187. The minimum Gasteiger partial charge on any atom is -0.199 e. The lowest BCUT2D eigenvalue weighted by Crippen LogP contribution is -1.85. The summed E-state index contributed by atoms with van der Waals surface area (Å²) >= 11 is 0. The topological polar surface area (TPSA) is 23.8 Å². The lowest BCUT2D eigenvalue weighted by atomic mass is 10.0. The molecule has 1 heteroatoms. The summed E-state index contributed by atoms with van der Waals surface area (Å²) < 4.78 is 0. The zero-order valence-electron chi connectivity index (χ0n) is 6.19. The van der Waals surface area contributed by atoms with Crippen molar-refractivity contribution < 1.29 is 0 Å². The highest BCUT2D eigenvalue weighted by Gasteiger charge is 1.95. The molecule has 0 aromatic carbocycles. The first-order valence-electron chi connectivity index (χ1n) is 3.72. The Morgan fingerprint density at radius 1 is 0.889 bits per heavy atom. The predicted molar refractivity (Wildman–Crippen MR) is 39.0 cm³/mol. The van der Waals surface area contributed by atoms with Gasteiger partial charge in [-0.05, 0) is 0 Å². The van der Waals surface area contributed by atoms with E-state index < -0.39 is 0 Å². The molecule has 0 radical (unpaired) electrons. The van der Waals surface area contributed by atoms with Crippen molar-refractivity contribution in [2.45, 2.75) is 45.4 Å². The molecule has 0 saturated heterocycles. The molecule has 1 saturated carbocycles. The highest BCUT2D eigenvalue weighted by molar-refractivity contribution is 4.51. The largest absolute Gasteiger partial charge is 0.199 e. The lowest BCUT2D eigenvalue weighted by Gasteiger charge is -2.05. The molecule has 1 aliphatic rings. The minimum atomic E-state index is 1.43. The molecule has 9 heavy (non-hydrogen) atoms. The van der Waals surface area contributed by atoms with Crippen LogP contribution in [0, 0.1) is 11.3 Å². The van der Waals surface area contributed by atoms with Crippen LogP contribution >= 0.6 is 0 Å². The van der Waals surface area contributed by atoms with E-state index in [-0.39, 0.29) is 0 Å². The van der Waals surface area contributed by atoms with Crippen molar-refractivity contribution in [2.75, 3.05) is 0 Å². The Kier molecular flexibility index (Phi) is 7.07. The van der Waals surface area contributed by atoms with Crippen molar-refractivity contribution in [1.29, 1.82) is 5.26 Å². The predicted octanol–water partition coefficient (Wildman–Crippen LogP) is 2.87. The van der Waals surface area contributed by atoms with Gasteiger partial charge < -0.3 is 0 Å². The summed E-state index contributed by atoms with van der Waals surface area (Å²) in [5.41, 5.74) is 0. The third kappa shape index (κ3) is 7.49. The molecule has 0 spiro atoms. The molecule has 0 aliphatic heterocycles. The maximum atomic E-state index is 7.32. The summed E-state index contributed by atoms with van der Waals surface area (Å²) in [7, 11) is 0. The third-order valence-electron chi connectivity index (χ3n) is 1.50. The Morgan fingerprint density at radius 2 is 1.00 bits per heavy atom. The van der Waals surface area contributed by atoms with Crippen LogP contribution in [0.2, 0.25) is 0 Å². The number of rotatable bonds is 0. The average Bonchev–Trinajstić information content (AvgIpc) is 1.93. The smallest absolute Gasteiger partial charge is 0.0587 e. The maximum Gasteiger partial charge on any atom is 0.0587 e. The first-order valence-corrected chi connectivity index (χ1v) is 3.72. The van der Waals surface area contributed by atoms with Crippen molar-refractivity contribution in [3.05, 3.63) is 0 Å². The fraction of sp³-hybridized carbons (Fsp3) is 0.875. The highest BCUT2D eigenvalue weighted by Crippen LogP contribution is 2.15. The van der Waals surface area contributed by atoms with Crippen LogP contribution < -0.4 is 0 Å². The molecule has 0 atom stereocenters. The molecular weight excluding hydrogens is 110 g/mol. The van der Waals surface area contributed by atoms with Gasteiger partial charge >= 0.3 is 0 Å². The van der Waals surface area contributed by atoms with E-state index in [9.17, 15) is 0 Å². The van der Waals surface area contributed by atoms with Gasteiger partial charge in [-0.3, -0.25) is 0 Å². The van der Waals surface area contributed by atoms with E-state index in [1.807, 2.05) is 0 Å². The first-order chi connectivity index (χ1) is 4.41. The second kappa shape index (κ2) is 7.49. The van der Waals surface area contributed by atoms with E-state index in [0.717, 1.165) is 0 Å². The van der Waals surface area contributed by atoms with E-state index in [4.69, 9.17) is 5.26 Å². The van der Waals surface area contributed by atoms with Gasteiger partial charge in [-0.15, -0.1) is 0 Å². The summed E-state index contributed by atoms with van der Waals surface area (Å²) in [6.07, 6.45) is 9.00. The monoisotopic (exact) mass is 125 g/mol. The van der Waals surface area contributed by atoms with Gasteiger partial charge in [-0.2, -0.15) is 5.26 Å². The van der Waals surface area contributed by atoms with Gasteiger partial charge in [0.05, 0.1) is 6.07 Å². The Bertz CT molecular complexity index is 65.5. The number of hydrogen-bond acceptors (Lipinski definition) is 1. The molecule has 0 aromatic heterocycles. The Hall–Kier alpha value is -0.510. The molecule has 1 rings (SSSR count). The molecular formula is C8H15N. The first kappa shape index (κ1) is 8.49. The average molecular weight is 125 g/mol. The van der Waals surface area contributed by atoms with Crippen LogP contribution in [-0.4, -0.2) is 0 Å². The fourth-order valence-corrected chi connectivity index (χ4v) is 1.06. The van der Waals surface area contributed by atoms with Crippen molar-refractivity contribution in [3.63, 3.8) is 0 Å². The van der Waals surface area contributed by atoms with Gasteiger partial charge in [0.2, 0.25) is 0 Å². The second-order valence-corrected chi connectivity index (χ2v) is 2.34. The maximum absolute atomic E-state index is 7.32. The minimum absolute atomic E-state index is 1.43. The van der Waals surface area contributed by atoms with Gasteiger partial charge in [-0.1, -0.05) is 38.5 Å². The normalized spacial score (nSPS) is 16.9. The molecule has 0 unspecified atom stereocenters. The van der Waals surface area contributed by atoms with Crippen LogP contribution in [0.1, 0.15) is 45.4 Å². The quantitative estimate of drug-likeness (QED) is 0.488. The molecule has 52 valence electrons. The van der Waals surface area contributed by atoms with Crippen LogP contribution in [0.15, 0.2) is 0 Å². The SMILES string of the molecule is C1CCCCC1.CC#N. The molecule has 0 amide bonds. The summed E-state index contributed by atoms with van der Waals surface area (Å²) in [6.45, 7) is 1.43. The lowest BCUT2D eigenvalue weighted by molar-refractivity contribution is 0.504. The molecule has 0 heterocycles. The molecule has 1 fully saturated rings. The van der Waals surface area contributed by atoms with Crippen molar-refractivity contribution in [3.8, 4) is 6.07 Å². The van der Waals surface area contributed by atoms with Crippen LogP contribution in [0.25, 0.3) is 0 Å². The van der Waals surface area contributed by atoms with E-state index in [0.29, 0.717) is 0 Å². The number of nitrogens with zero attached hydrogens (tertiary/aromatic N) is 1. The summed E-state index contributed by atoms with van der Waals surface area (Å²) in [5.74, 6) is 0. The standard InChI is InChI=1S/C6H12.C2H3N/c1-2-4-6-5-3-1;1-2-3/h1-6H2;1H3. The van der Waals surface area contributed by atoms with E-state index in [1.165, 1.54) is 45.4 Å². The zero-order chi connectivity index (χ0) is 6.95. The third-order valence-corrected chi connectivity index (χ3v) is 1.50. The van der Waals surface area contributed by atoms with Crippen molar-refractivity contribution >= 4 is 0 Å². The Labute approximate surface area is 57.7 Å². The second-order valence-electron chi connectivity index (χ2n) is 2.34. The van der Waals surface area contributed by atoms with E-state index >= 15 is 0 Å².